The minimum atomic E-state index is -0.255. The van der Waals surface area contributed by atoms with Gasteiger partial charge in [0.25, 0.3) is 5.91 Å². The Morgan fingerprint density at radius 2 is 2.05 bits per heavy atom. The Balaban J connectivity index is 1.86. The van der Waals surface area contributed by atoms with E-state index in [-0.39, 0.29) is 12.5 Å². The summed E-state index contributed by atoms with van der Waals surface area (Å²) in [7, 11) is 0. The van der Waals surface area contributed by atoms with Gasteiger partial charge in [-0.25, -0.2) is 0 Å². The van der Waals surface area contributed by atoms with Crippen LogP contribution in [0.4, 0.5) is 5.69 Å². The molecule has 0 fully saturated rings. The van der Waals surface area contributed by atoms with Gasteiger partial charge in [0.05, 0.1) is 11.9 Å². The van der Waals surface area contributed by atoms with Crippen LogP contribution in [0.3, 0.4) is 0 Å². The minimum Gasteiger partial charge on any atom is -0.484 e. The smallest absolute Gasteiger partial charge is 0.262 e. The highest BCUT2D eigenvalue weighted by Crippen LogP contribution is 2.16. The molecule has 2 rings (SSSR count). The van der Waals surface area contributed by atoms with Crippen LogP contribution in [-0.2, 0) is 4.79 Å². The van der Waals surface area contributed by atoms with Crippen LogP contribution in [0.25, 0.3) is 0 Å². The summed E-state index contributed by atoms with van der Waals surface area (Å²) in [5, 5.41) is 3.30. The summed E-state index contributed by atoms with van der Waals surface area (Å²) >= 11 is 9.03. The number of amides is 1. The predicted molar refractivity (Wildman–Crippen MR) is 77.5 cm³/mol. The van der Waals surface area contributed by atoms with Crippen LogP contribution in [0.2, 0.25) is 5.02 Å². The monoisotopic (exact) mass is 340 g/mol. The maximum atomic E-state index is 11.7. The summed E-state index contributed by atoms with van der Waals surface area (Å²) in [5.41, 5.74) is 0.610. The van der Waals surface area contributed by atoms with Crippen molar-refractivity contribution >= 4 is 39.1 Å². The zero-order valence-electron chi connectivity index (χ0n) is 9.77. The van der Waals surface area contributed by atoms with E-state index in [4.69, 9.17) is 16.3 Å². The van der Waals surface area contributed by atoms with E-state index >= 15 is 0 Å². The molecule has 1 aromatic carbocycles. The van der Waals surface area contributed by atoms with Crippen molar-refractivity contribution in [2.75, 3.05) is 11.9 Å². The van der Waals surface area contributed by atoms with Gasteiger partial charge in [-0.1, -0.05) is 11.6 Å². The van der Waals surface area contributed by atoms with Gasteiger partial charge in [-0.2, -0.15) is 0 Å². The summed E-state index contributed by atoms with van der Waals surface area (Å²) in [6, 6.07) is 8.57. The van der Waals surface area contributed by atoms with E-state index in [9.17, 15) is 4.79 Å². The van der Waals surface area contributed by atoms with E-state index in [0.717, 1.165) is 4.47 Å². The molecule has 0 saturated heterocycles. The standard InChI is InChI=1S/C13H10BrClN2O2/c14-9-5-11(7-16-6-9)17-13(18)8-19-12-3-1-10(15)2-4-12/h1-7H,8H2,(H,17,18). The van der Waals surface area contributed by atoms with Gasteiger partial charge in [-0.15, -0.1) is 0 Å². The summed E-state index contributed by atoms with van der Waals surface area (Å²) in [6.07, 6.45) is 3.20. The second-order valence-corrected chi connectivity index (χ2v) is 5.03. The largest absolute Gasteiger partial charge is 0.484 e. The van der Waals surface area contributed by atoms with Crippen LogP contribution in [0, 0.1) is 0 Å². The topological polar surface area (TPSA) is 51.2 Å². The molecule has 0 atom stereocenters. The number of benzene rings is 1. The van der Waals surface area contributed by atoms with Crippen LogP contribution in [0.5, 0.6) is 5.75 Å². The second-order valence-electron chi connectivity index (χ2n) is 3.68. The SMILES string of the molecule is O=C(COc1ccc(Cl)cc1)Nc1cncc(Br)c1. The van der Waals surface area contributed by atoms with Crippen molar-refractivity contribution in [1.82, 2.24) is 4.98 Å². The molecule has 0 saturated carbocycles. The molecule has 6 heteroatoms. The third-order valence-corrected chi connectivity index (χ3v) is 2.86. The summed E-state index contributed by atoms with van der Waals surface area (Å²) < 4.78 is 6.12. The minimum absolute atomic E-state index is 0.0753. The maximum absolute atomic E-state index is 11.7. The van der Waals surface area contributed by atoms with Gasteiger partial charge in [0.15, 0.2) is 6.61 Å². The number of nitrogens with one attached hydrogen (secondary N) is 1. The van der Waals surface area contributed by atoms with Gasteiger partial charge < -0.3 is 10.1 Å². The molecule has 0 aliphatic heterocycles. The number of pyridine rings is 1. The molecular weight excluding hydrogens is 332 g/mol. The average molecular weight is 342 g/mol. The fraction of sp³-hybridized carbons (Fsp3) is 0.0769. The molecule has 1 heterocycles. The first-order valence-corrected chi connectivity index (χ1v) is 6.59. The molecule has 1 amide bonds. The van der Waals surface area contributed by atoms with E-state index in [1.807, 2.05) is 0 Å². The fourth-order valence-electron chi connectivity index (χ4n) is 1.36. The second kappa shape index (κ2) is 6.54. The first-order valence-electron chi connectivity index (χ1n) is 5.42. The van der Waals surface area contributed by atoms with Crippen LogP contribution in [0.1, 0.15) is 0 Å². The fourth-order valence-corrected chi connectivity index (χ4v) is 1.85. The van der Waals surface area contributed by atoms with E-state index in [1.165, 1.54) is 0 Å². The molecule has 19 heavy (non-hydrogen) atoms. The van der Waals surface area contributed by atoms with Gasteiger partial charge in [0.2, 0.25) is 0 Å². The Morgan fingerprint density at radius 1 is 1.32 bits per heavy atom. The van der Waals surface area contributed by atoms with Crippen molar-refractivity contribution in [2.24, 2.45) is 0 Å². The highest BCUT2D eigenvalue weighted by Gasteiger charge is 2.04. The van der Waals surface area contributed by atoms with Gasteiger partial charge in [-0.05, 0) is 46.3 Å². The van der Waals surface area contributed by atoms with Gasteiger partial charge in [0, 0.05) is 15.7 Å². The Morgan fingerprint density at radius 3 is 2.74 bits per heavy atom. The Bertz CT molecular complexity index is 575. The van der Waals surface area contributed by atoms with Crippen molar-refractivity contribution < 1.29 is 9.53 Å². The lowest BCUT2D eigenvalue weighted by atomic mass is 10.3. The van der Waals surface area contributed by atoms with Crippen molar-refractivity contribution in [3.63, 3.8) is 0 Å². The van der Waals surface area contributed by atoms with E-state index in [0.29, 0.717) is 16.5 Å². The zero-order chi connectivity index (χ0) is 13.7. The number of halogens is 2. The number of hydrogen-bond donors (Lipinski definition) is 1. The number of anilines is 1. The van der Waals surface area contributed by atoms with E-state index < -0.39 is 0 Å². The van der Waals surface area contributed by atoms with Crippen molar-refractivity contribution in [2.45, 2.75) is 0 Å². The Hall–Kier alpha value is -1.59. The van der Waals surface area contributed by atoms with Gasteiger partial charge in [-0.3, -0.25) is 9.78 Å². The Kier molecular flexibility index (Phi) is 4.76. The number of nitrogens with zero attached hydrogens (tertiary/aromatic N) is 1. The van der Waals surface area contributed by atoms with Crippen LogP contribution in [0.15, 0.2) is 47.2 Å². The lowest BCUT2D eigenvalue weighted by molar-refractivity contribution is -0.118. The number of hydrogen-bond acceptors (Lipinski definition) is 3. The molecule has 0 radical (unpaired) electrons. The maximum Gasteiger partial charge on any atom is 0.262 e. The zero-order valence-corrected chi connectivity index (χ0v) is 12.1. The van der Waals surface area contributed by atoms with Crippen LogP contribution < -0.4 is 10.1 Å². The number of ether oxygens (including phenoxy) is 1. The van der Waals surface area contributed by atoms with Crippen molar-refractivity contribution in [3.8, 4) is 5.75 Å². The highest BCUT2D eigenvalue weighted by molar-refractivity contribution is 9.10. The molecule has 0 bridgehead atoms. The third kappa shape index (κ3) is 4.54. The summed E-state index contributed by atoms with van der Waals surface area (Å²) in [4.78, 5) is 15.6. The lowest BCUT2D eigenvalue weighted by Gasteiger charge is -2.07. The van der Waals surface area contributed by atoms with Gasteiger partial charge in [0.1, 0.15) is 5.75 Å². The number of carbonyl (C=O) groups excluding carboxylic acids is 1. The lowest BCUT2D eigenvalue weighted by Crippen LogP contribution is -2.20. The number of carbonyl (C=O) groups is 1. The molecule has 0 aliphatic rings. The van der Waals surface area contributed by atoms with Gasteiger partial charge >= 0.3 is 0 Å². The first kappa shape index (κ1) is 13.8. The molecule has 1 aromatic heterocycles. The van der Waals surface area contributed by atoms with Crippen molar-refractivity contribution in [1.29, 1.82) is 0 Å². The highest BCUT2D eigenvalue weighted by atomic mass is 79.9. The Labute approximate surface area is 123 Å². The molecular formula is C13H10BrClN2O2. The third-order valence-electron chi connectivity index (χ3n) is 2.17. The molecule has 1 N–H and O–H groups in total. The van der Waals surface area contributed by atoms with E-state index in [2.05, 4.69) is 26.2 Å². The molecule has 4 nitrogen and oxygen atoms in total. The predicted octanol–water partition coefficient (Wildman–Crippen LogP) is 3.52. The average Bonchev–Trinajstić information content (AvgIpc) is 2.38. The summed E-state index contributed by atoms with van der Waals surface area (Å²) in [6.45, 7) is -0.0753. The summed E-state index contributed by atoms with van der Waals surface area (Å²) in [5.74, 6) is 0.335. The van der Waals surface area contributed by atoms with Crippen LogP contribution >= 0.6 is 27.5 Å². The quantitative estimate of drug-likeness (QED) is 0.926. The molecule has 0 unspecified atom stereocenters. The molecule has 0 aliphatic carbocycles. The normalized spacial score (nSPS) is 10.0. The first-order chi connectivity index (χ1) is 9.13. The molecule has 0 spiro atoms. The van der Waals surface area contributed by atoms with Crippen molar-refractivity contribution in [3.05, 3.63) is 52.2 Å². The number of rotatable bonds is 4. The molecule has 98 valence electrons. The van der Waals surface area contributed by atoms with E-state index in [1.54, 1.807) is 42.7 Å². The van der Waals surface area contributed by atoms with Crippen LogP contribution in [-0.4, -0.2) is 17.5 Å². The molecule has 2 aromatic rings. The number of aromatic nitrogens is 1.